The summed E-state index contributed by atoms with van der Waals surface area (Å²) in [4.78, 5) is 2.52. The number of benzene rings is 1. The number of ether oxygens (including phenoxy) is 1. The van der Waals surface area contributed by atoms with Crippen LogP contribution in [0, 0.1) is 0 Å². The fourth-order valence-corrected chi connectivity index (χ4v) is 2.41. The Bertz CT molecular complexity index is 316. The lowest BCUT2D eigenvalue weighted by atomic mass is 10.1. The van der Waals surface area contributed by atoms with Crippen LogP contribution in [0.4, 0.5) is 0 Å². The Morgan fingerprint density at radius 3 is 2.58 bits per heavy atom. The van der Waals surface area contributed by atoms with Gasteiger partial charge in [0.25, 0.3) is 0 Å². The maximum atomic E-state index is 5.64. The molecular formula is C16H28N2O. The normalized spacial score (nSPS) is 12.8. The van der Waals surface area contributed by atoms with Crippen molar-refractivity contribution in [2.45, 2.75) is 38.8 Å². The van der Waals surface area contributed by atoms with Gasteiger partial charge in [-0.05, 0) is 37.9 Å². The first-order valence-electron chi connectivity index (χ1n) is 7.28. The van der Waals surface area contributed by atoms with Crippen molar-refractivity contribution in [2.24, 2.45) is 5.73 Å². The van der Waals surface area contributed by atoms with Crippen molar-refractivity contribution in [1.29, 1.82) is 0 Å². The van der Waals surface area contributed by atoms with E-state index in [-0.39, 0.29) is 0 Å². The third-order valence-corrected chi connectivity index (χ3v) is 3.36. The number of rotatable bonds is 10. The summed E-state index contributed by atoms with van der Waals surface area (Å²) in [7, 11) is 1.78. The molecule has 0 saturated heterocycles. The second-order valence-corrected chi connectivity index (χ2v) is 5.00. The van der Waals surface area contributed by atoms with Crippen molar-refractivity contribution in [1.82, 2.24) is 4.90 Å². The molecule has 1 unspecified atom stereocenters. The molecule has 1 rings (SSSR count). The summed E-state index contributed by atoms with van der Waals surface area (Å²) in [5.41, 5.74) is 7.01. The highest BCUT2D eigenvalue weighted by molar-refractivity contribution is 5.14. The maximum absolute atomic E-state index is 5.64. The molecule has 0 amide bonds. The molecule has 3 heteroatoms. The first-order chi connectivity index (χ1) is 9.31. The number of nitrogens with two attached hydrogens (primary N) is 1. The average molecular weight is 264 g/mol. The highest BCUT2D eigenvalue weighted by Gasteiger charge is 2.17. The van der Waals surface area contributed by atoms with E-state index in [2.05, 4.69) is 42.2 Å². The van der Waals surface area contributed by atoms with Crippen LogP contribution in [0.5, 0.6) is 0 Å². The van der Waals surface area contributed by atoms with E-state index < -0.39 is 0 Å². The number of nitrogens with zero attached hydrogens (tertiary/aromatic N) is 1. The lowest BCUT2D eigenvalue weighted by Gasteiger charge is -2.31. The van der Waals surface area contributed by atoms with Gasteiger partial charge in [0, 0.05) is 19.7 Å². The van der Waals surface area contributed by atoms with E-state index in [0.29, 0.717) is 6.04 Å². The minimum atomic E-state index is 0.466. The lowest BCUT2D eigenvalue weighted by Crippen LogP contribution is -2.39. The van der Waals surface area contributed by atoms with Gasteiger partial charge < -0.3 is 10.5 Å². The zero-order chi connectivity index (χ0) is 13.9. The molecule has 0 heterocycles. The van der Waals surface area contributed by atoms with Crippen molar-refractivity contribution in [2.75, 3.05) is 26.8 Å². The molecule has 19 heavy (non-hydrogen) atoms. The van der Waals surface area contributed by atoms with E-state index in [1.54, 1.807) is 7.11 Å². The van der Waals surface area contributed by atoms with Crippen LogP contribution >= 0.6 is 0 Å². The fourth-order valence-electron chi connectivity index (χ4n) is 2.41. The molecule has 0 aliphatic carbocycles. The third-order valence-electron chi connectivity index (χ3n) is 3.36. The Balaban J connectivity index is 2.66. The highest BCUT2D eigenvalue weighted by Crippen LogP contribution is 2.13. The van der Waals surface area contributed by atoms with Gasteiger partial charge in [-0.2, -0.15) is 0 Å². The van der Waals surface area contributed by atoms with Gasteiger partial charge in [0.2, 0.25) is 0 Å². The molecule has 0 aliphatic rings. The van der Waals surface area contributed by atoms with Gasteiger partial charge in [-0.15, -0.1) is 0 Å². The topological polar surface area (TPSA) is 38.5 Å². The molecule has 3 nitrogen and oxygen atoms in total. The van der Waals surface area contributed by atoms with Crippen LogP contribution in [0.3, 0.4) is 0 Å². The van der Waals surface area contributed by atoms with Crippen molar-refractivity contribution in [3.8, 4) is 0 Å². The quantitative estimate of drug-likeness (QED) is 0.706. The summed E-state index contributed by atoms with van der Waals surface area (Å²) in [6, 6.07) is 11.1. The smallest absolute Gasteiger partial charge is 0.0618 e. The number of hydrogen-bond acceptors (Lipinski definition) is 3. The summed E-state index contributed by atoms with van der Waals surface area (Å²) >= 11 is 0. The molecule has 0 aliphatic heterocycles. The lowest BCUT2D eigenvalue weighted by molar-refractivity contribution is 0.0789. The van der Waals surface area contributed by atoms with Crippen LogP contribution in [0.1, 0.15) is 31.7 Å². The van der Waals surface area contributed by atoms with Crippen molar-refractivity contribution >= 4 is 0 Å². The Kier molecular flexibility index (Phi) is 8.47. The predicted molar refractivity (Wildman–Crippen MR) is 81.1 cm³/mol. The molecule has 1 atom stereocenters. The second kappa shape index (κ2) is 9.96. The van der Waals surface area contributed by atoms with Gasteiger partial charge in [-0.3, -0.25) is 4.90 Å². The summed E-state index contributed by atoms with van der Waals surface area (Å²) in [5, 5.41) is 0. The van der Waals surface area contributed by atoms with Crippen LogP contribution < -0.4 is 5.73 Å². The molecule has 0 radical (unpaired) electrons. The van der Waals surface area contributed by atoms with E-state index in [0.717, 1.165) is 45.5 Å². The molecule has 0 aromatic heterocycles. The zero-order valence-electron chi connectivity index (χ0n) is 12.3. The third kappa shape index (κ3) is 6.19. The largest absolute Gasteiger partial charge is 0.383 e. The molecule has 2 N–H and O–H groups in total. The predicted octanol–water partition coefficient (Wildman–Crippen LogP) is 2.65. The van der Waals surface area contributed by atoms with Gasteiger partial charge in [0.05, 0.1) is 6.61 Å². The van der Waals surface area contributed by atoms with Crippen LogP contribution in [-0.4, -0.2) is 37.7 Å². The summed E-state index contributed by atoms with van der Waals surface area (Å²) in [5.74, 6) is 0. The fraction of sp³-hybridized carbons (Fsp3) is 0.625. The van der Waals surface area contributed by atoms with Crippen molar-refractivity contribution < 1.29 is 4.74 Å². The maximum Gasteiger partial charge on any atom is 0.0618 e. The highest BCUT2D eigenvalue weighted by atomic mass is 16.5. The van der Waals surface area contributed by atoms with Crippen molar-refractivity contribution in [3.05, 3.63) is 35.9 Å². The van der Waals surface area contributed by atoms with E-state index in [1.807, 2.05) is 0 Å². The van der Waals surface area contributed by atoms with E-state index in [1.165, 1.54) is 5.56 Å². The second-order valence-electron chi connectivity index (χ2n) is 5.00. The first-order valence-corrected chi connectivity index (χ1v) is 7.28. The zero-order valence-corrected chi connectivity index (χ0v) is 12.3. The van der Waals surface area contributed by atoms with E-state index >= 15 is 0 Å². The van der Waals surface area contributed by atoms with Crippen LogP contribution in [0.25, 0.3) is 0 Å². The average Bonchev–Trinajstić information content (AvgIpc) is 2.44. The van der Waals surface area contributed by atoms with Gasteiger partial charge in [0.15, 0.2) is 0 Å². The number of methoxy groups -OCH3 is 1. The Morgan fingerprint density at radius 2 is 2.00 bits per heavy atom. The van der Waals surface area contributed by atoms with Crippen LogP contribution in [0.15, 0.2) is 30.3 Å². The molecule has 1 aromatic rings. The van der Waals surface area contributed by atoms with Crippen molar-refractivity contribution in [3.63, 3.8) is 0 Å². The van der Waals surface area contributed by atoms with E-state index in [4.69, 9.17) is 10.5 Å². The van der Waals surface area contributed by atoms with Gasteiger partial charge in [-0.1, -0.05) is 37.3 Å². The molecule has 0 spiro atoms. The standard InChI is InChI=1S/C16H28N2O/c1-3-12-18(13-15-8-5-4-6-9-15)16(14-19-2)10-7-11-17/h4-6,8-9,16H,3,7,10-14,17H2,1-2H3. The molecule has 0 fully saturated rings. The Hall–Kier alpha value is -0.900. The van der Waals surface area contributed by atoms with Gasteiger partial charge in [0.1, 0.15) is 0 Å². The monoisotopic (exact) mass is 264 g/mol. The summed E-state index contributed by atoms with van der Waals surface area (Å²) < 4.78 is 5.38. The van der Waals surface area contributed by atoms with Crippen LogP contribution in [-0.2, 0) is 11.3 Å². The minimum Gasteiger partial charge on any atom is -0.383 e. The summed E-state index contributed by atoms with van der Waals surface area (Å²) in [6.07, 6.45) is 3.33. The number of hydrogen-bond donors (Lipinski definition) is 1. The Labute approximate surface area is 117 Å². The molecule has 1 aromatic carbocycles. The van der Waals surface area contributed by atoms with Gasteiger partial charge >= 0.3 is 0 Å². The molecule has 108 valence electrons. The van der Waals surface area contributed by atoms with Gasteiger partial charge in [-0.25, -0.2) is 0 Å². The SMILES string of the molecule is CCCN(Cc1ccccc1)C(CCCN)COC. The molecule has 0 saturated carbocycles. The van der Waals surface area contributed by atoms with Crippen LogP contribution in [0.2, 0.25) is 0 Å². The Morgan fingerprint density at radius 1 is 1.26 bits per heavy atom. The minimum absolute atomic E-state index is 0.466. The molecule has 0 bridgehead atoms. The van der Waals surface area contributed by atoms with E-state index in [9.17, 15) is 0 Å². The molecular weight excluding hydrogens is 236 g/mol. The summed E-state index contributed by atoms with van der Waals surface area (Å²) in [6.45, 7) is 5.86. The first kappa shape index (κ1) is 16.2.